The van der Waals surface area contributed by atoms with Gasteiger partial charge in [0, 0.05) is 11.4 Å². The van der Waals surface area contributed by atoms with E-state index in [1.54, 1.807) is 11.3 Å². The van der Waals surface area contributed by atoms with Gasteiger partial charge in [0.2, 0.25) is 0 Å². The molecule has 5 heteroatoms. The molecule has 0 aliphatic heterocycles. The van der Waals surface area contributed by atoms with E-state index in [-0.39, 0.29) is 0 Å². The van der Waals surface area contributed by atoms with Gasteiger partial charge in [0.05, 0.1) is 19.5 Å². The molecule has 0 saturated heterocycles. The van der Waals surface area contributed by atoms with Crippen molar-refractivity contribution in [1.29, 1.82) is 0 Å². The van der Waals surface area contributed by atoms with Crippen LogP contribution >= 0.6 is 50.5 Å². The van der Waals surface area contributed by atoms with Gasteiger partial charge >= 0.3 is 0 Å². The highest BCUT2D eigenvalue weighted by Crippen LogP contribution is 2.31. The van der Waals surface area contributed by atoms with Gasteiger partial charge < -0.3 is 5.32 Å². The van der Waals surface area contributed by atoms with E-state index in [9.17, 15) is 0 Å². The summed E-state index contributed by atoms with van der Waals surface area (Å²) >= 11 is 16.9. The molecule has 0 spiro atoms. The molecule has 1 aromatic heterocycles. The third-order valence-electron chi connectivity index (χ3n) is 2.03. The van der Waals surface area contributed by atoms with Crippen molar-refractivity contribution in [3.63, 3.8) is 0 Å². The van der Waals surface area contributed by atoms with Crippen LogP contribution in [0.15, 0.2) is 34.8 Å². The average molecular weight is 337 g/mol. The Bertz CT molecular complexity index is 498. The van der Waals surface area contributed by atoms with Crippen molar-refractivity contribution in [2.45, 2.75) is 6.54 Å². The van der Waals surface area contributed by atoms with E-state index in [1.165, 1.54) is 4.88 Å². The number of thiophene rings is 1. The monoisotopic (exact) mass is 335 g/mol. The fraction of sp³-hybridized carbons (Fsp3) is 0.0909. The number of halogens is 3. The van der Waals surface area contributed by atoms with Gasteiger partial charge in [-0.3, -0.25) is 0 Å². The van der Waals surface area contributed by atoms with Crippen LogP contribution in [-0.4, -0.2) is 0 Å². The summed E-state index contributed by atoms with van der Waals surface area (Å²) in [6, 6.07) is 9.65. The maximum atomic E-state index is 5.99. The second kappa shape index (κ2) is 5.41. The van der Waals surface area contributed by atoms with Crippen LogP contribution in [0.4, 0.5) is 5.69 Å². The summed E-state index contributed by atoms with van der Waals surface area (Å²) in [5.74, 6) is 0. The first-order valence-electron chi connectivity index (χ1n) is 4.59. The summed E-state index contributed by atoms with van der Waals surface area (Å²) in [5, 5.41) is 4.01. The second-order valence-corrected chi connectivity index (χ2v) is 6.16. The number of nitrogens with one attached hydrogen (secondary N) is 1. The molecule has 2 rings (SSSR count). The third kappa shape index (κ3) is 2.92. The predicted octanol–water partition coefficient (Wildman–Crippen LogP) is 5.43. The van der Waals surface area contributed by atoms with Gasteiger partial charge in [0.15, 0.2) is 0 Å². The minimum atomic E-state index is 0.703. The topological polar surface area (TPSA) is 12.0 Å². The smallest absolute Gasteiger partial charge is 0.0931 e. The maximum Gasteiger partial charge on any atom is 0.0931 e. The normalized spacial score (nSPS) is 10.4. The summed E-state index contributed by atoms with van der Waals surface area (Å²) in [4.78, 5) is 1.19. The van der Waals surface area contributed by atoms with Crippen molar-refractivity contribution in [3.8, 4) is 0 Å². The van der Waals surface area contributed by atoms with Crippen LogP contribution in [0.25, 0.3) is 0 Å². The van der Waals surface area contributed by atoms with E-state index in [0.29, 0.717) is 5.02 Å². The SMILES string of the molecule is Clc1ccc(CNc2cccc(Cl)c2Br)s1. The van der Waals surface area contributed by atoms with Crippen LogP contribution in [0, 0.1) is 0 Å². The van der Waals surface area contributed by atoms with Gasteiger partial charge in [-0.2, -0.15) is 0 Å². The Morgan fingerprint density at radius 1 is 1.19 bits per heavy atom. The molecular formula is C11H8BrCl2NS. The van der Waals surface area contributed by atoms with Gasteiger partial charge in [-0.05, 0) is 40.2 Å². The molecule has 0 atom stereocenters. The molecule has 0 bridgehead atoms. The first-order chi connectivity index (χ1) is 7.66. The maximum absolute atomic E-state index is 5.99. The zero-order chi connectivity index (χ0) is 11.5. The molecule has 2 aromatic rings. The largest absolute Gasteiger partial charge is 0.379 e. The van der Waals surface area contributed by atoms with Crippen LogP contribution in [0.5, 0.6) is 0 Å². The Morgan fingerprint density at radius 2 is 2.00 bits per heavy atom. The van der Waals surface area contributed by atoms with E-state index in [0.717, 1.165) is 21.0 Å². The highest BCUT2D eigenvalue weighted by atomic mass is 79.9. The van der Waals surface area contributed by atoms with Gasteiger partial charge in [0.1, 0.15) is 0 Å². The summed E-state index contributed by atoms with van der Waals surface area (Å²) in [6.07, 6.45) is 0. The number of anilines is 1. The lowest BCUT2D eigenvalue weighted by atomic mass is 10.3. The van der Waals surface area contributed by atoms with E-state index in [1.807, 2.05) is 30.3 Å². The Labute approximate surface area is 117 Å². The Morgan fingerprint density at radius 3 is 2.69 bits per heavy atom. The number of benzene rings is 1. The minimum Gasteiger partial charge on any atom is -0.379 e. The molecule has 1 N–H and O–H groups in total. The number of hydrogen-bond acceptors (Lipinski definition) is 2. The Kier molecular flexibility index (Phi) is 4.14. The summed E-state index contributed by atoms with van der Waals surface area (Å²) < 4.78 is 1.70. The zero-order valence-corrected chi connectivity index (χ0v) is 12.1. The van der Waals surface area contributed by atoms with E-state index < -0.39 is 0 Å². The number of hydrogen-bond donors (Lipinski definition) is 1. The molecule has 84 valence electrons. The quantitative estimate of drug-likeness (QED) is 0.788. The molecule has 0 fully saturated rings. The molecule has 0 amide bonds. The van der Waals surface area contributed by atoms with Gasteiger partial charge in [0.25, 0.3) is 0 Å². The first kappa shape index (κ1) is 12.2. The summed E-state index contributed by atoms with van der Waals surface area (Å²) in [6.45, 7) is 0.746. The molecule has 1 heterocycles. The molecule has 0 aliphatic rings. The van der Waals surface area contributed by atoms with E-state index >= 15 is 0 Å². The highest BCUT2D eigenvalue weighted by Gasteiger charge is 2.04. The van der Waals surface area contributed by atoms with Crippen molar-refractivity contribution < 1.29 is 0 Å². The molecule has 0 aliphatic carbocycles. The molecule has 0 saturated carbocycles. The van der Waals surface area contributed by atoms with Crippen molar-refractivity contribution in [2.24, 2.45) is 0 Å². The van der Waals surface area contributed by atoms with Crippen molar-refractivity contribution in [1.82, 2.24) is 0 Å². The Hall–Kier alpha value is -0.220. The van der Waals surface area contributed by atoms with Crippen molar-refractivity contribution >= 4 is 56.2 Å². The molecule has 0 unspecified atom stereocenters. The molecule has 16 heavy (non-hydrogen) atoms. The molecular weight excluding hydrogens is 329 g/mol. The Balaban J connectivity index is 2.07. The number of rotatable bonds is 3. The molecule has 1 aromatic carbocycles. The van der Waals surface area contributed by atoms with Gasteiger partial charge in [-0.15, -0.1) is 11.3 Å². The van der Waals surface area contributed by atoms with E-state index in [4.69, 9.17) is 23.2 Å². The van der Waals surface area contributed by atoms with E-state index in [2.05, 4.69) is 21.2 Å². The fourth-order valence-electron chi connectivity index (χ4n) is 1.27. The van der Waals surface area contributed by atoms with Crippen molar-refractivity contribution in [2.75, 3.05) is 5.32 Å². The lowest BCUT2D eigenvalue weighted by Gasteiger charge is -2.08. The first-order valence-corrected chi connectivity index (χ1v) is 6.95. The lowest BCUT2D eigenvalue weighted by molar-refractivity contribution is 1.19. The van der Waals surface area contributed by atoms with Crippen LogP contribution < -0.4 is 5.32 Å². The molecule has 1 nitrogen and oxygen atoms in total. The average Bonchev–Trinajstić information content (AvgIpc) is 2.67. The van der Waals surface area contributed by atoms with Crippen LogP contribution in [-0.2, 0) is 6.54 Å². The minimum absolute atomic E-state index is 0.703. The van der Waals surface area contributed by atoms with Crippen LogP contribution in [0.1, 0.15) is 4.88 Å². The van der Waals surface area contributed by atoms with Gasteiger partial charge in [-0.25, -0.2) is 0 Å². The predicted molar refractivity (Wildman–Crippen MR) is 75.8 cm³/mol. The second-order valence-electron chi connectivity index (χ2n) is 3.16. The van der Waals surface area contributed by atoms with Crippen LogP contribution in [0.3, 0.4) is 0 Å². The highest BCUT2D eigenvalue weighted by molar-refractivity contribution is 9.10. The summed E-state index contributed by atoms with van der Waals surface area (Å²) in [7, 11) is 0. The third-order valence-corrected chi connectivity index (χ3v) is 4.66. The lowest BCUT2D eigenvalue weighted by Crippen LogP contribution is -1.97. The molecule has 0 radical (unpaired) electrons. The van der Waals surface area contributed by atoms with Crippen molar-refractivity contribution in [3.05, 3.63) is 49.0 Å². The van der Waals surface area contributed by atoms with Gasteiger partial charge in [-0.1, -0.05) is 29.3 Å². The standard InChI is InChI=1S/C11H8BrCl2NS/c12-11-8(13)2-1-3-9(11)15-6-7-4-5-10(14)16-7/h1-5,15H,6H2. The van der Waals surface area contributed by atoms with Crippen LogP contribution in [0.2, 0.25) is 9.36 Å². The zero-order valence-electron chi connectivity index (χ0n) is 8.14. The fourth-order valence-corrected chi connectivity index (χ4v) is 2.88. The summed E-state index contributed by atoms with van der Waals surface area (Å²) in [5.41, 5.74) is 0.983.